The average molecular weight is 247 g/mol. The number of halogens is 1. The van der Waals surface area contributed by atoms with E-state index in [0.29, 0.717) is 11.6 Å². The largest absolute Gasteiger partial charge is 0.488 e. The molecule has 0 saturated heterocycles. The lowest BCUT2D eigenvalue weighted by atomic mass is 10.2. The van der Waals surface area contributed by atoms with Gasteiger partial charge in [0.15, 0.2) is 0 Å². The molecule has 0 spiro atoms. The molecular formula is C10H14FNO3S. The molecule has 1 aromatic carbocycles. The average Bonchev–Trinajstić information content (AvgIpc) is 2.12. The first-order valence-electron chi connectivity index (χ1n) is 4.85. The topological polar surface area (TPSA) is 55.4 Å². The summed E-state index contributed by atoms with van der Waals surface area (Å²) in [6, 6.07) is 6.14. The molecule has 6 heteroatoms. The fourth-order valence-electron chi connectivity index (χ4n) is 1.09. The molecule has 0 atom stereocenters. The van der Waals surface area contributed by atoms with Gasteiger partial charge in [-0.05, 0) is 18.1 Å². The molecule has 90 valence electrons. The van der Waals surface area contributed by atoms with E-state index in [4.69, 9.17) is 0 Å². The molecule has 0 heterocycles. The number of hydrogen-bond donors (Lipinski definition) is 1. The third-order valence-corrected chi connectivity index (χ3v) is 2.14. The molecule has 0 amide bonds. The van der Waals surface area contributed by atoms with Crippen LogP contribution in [0.25, 0.3) is 0 Å². The normalized spacial score (nSPS) is 11.5. The Bertz CT molecular complexity index is 445. The van der Waals surface area contributed by atoms with Crippen LogP contribution >= 0.6 is 0 Å². The Kier molecular flexibility index (Phi) is 4.12. The zero-order valence-electron chi connectivity index (χ0n) is 9.10. The highest BCUT2D eigenvalue weighted by Crippen LogP contribution is 2.19. The zero-order valence-corrected chi connectivity index (χ0v) is 9.92. The Balaban J connectivity index is 2.71. The van der Waals surface area contributed by atoms with Gasteiger partial charge in [-0.1, -0.05) is 23.8 Å². The smallest absolute Gasteiger partial charge is 0.385 e. The Morgan fingerprint density at radius 2 is 2.12 bits per heavy atom. The van der Waals surface area contributed by atoms with Crippen molar-refractivity contribution in [2.24, 2.45) is 5.92 Å². The van der Waals surface area contributed by atoms with Gasteiger partial charge in [0.05, 0.1) is 0 Å². The Morgan fingerprint density at radius 3 is 2.69 bits per heavy atom. The van der Waals surface area contributed by atoms with Gasteiger partial charge in [-0.15, -0.1) is 0 Å². The predicted molar refractivity (Wildman–Crippen MR) is 60.4 cm³/mol. The van der Waals surface area contributed by atoms with Gasteiger partial charge in [-0.2, -0.15) is 8.42 Å². The van der Waals surface area contributed by atoms with Crippen LogP contribution in [-0.2, 0) is 10.5 Å². The first-order valence-corrected chi connectivity index (χ1v) is 6.15. The van der Waals surface area contributed by atoms with Gasteiger partial charge < -0.3 is 9.50 Å². The molecule has 1 rings (SSSR count). The highest BCUT2D eigenvalue weighted by Gasteiger charge is 2.09. The molecule has 0 fully saturated rings. The molecule has 0 radical (unpaired) electrons. The van der Waals surface area contributed by atoms with Gasteiger partial charge in [0.2, 0.25) is 0 Å². The van der Waals surface area contributed by atoms with E-state index < -0.39 is 10.5 Å². The van der Waals surface area contributed by atoms with Crippen LogP contribution in [0.15, 0.2) is 24.3 Å². The summed E-state index contributed by atoms with van der Waals surface area (Å²) in [5, 5.41) is 3.07. The highest BCUT2D eigenvalue weighted by molar-refractivity contribution is 7.81. The third-order valence-electron chi connectivity index (χ3n) is 1.74. The van der Waals surface area contributed by atoms with E-state index in [9.17, 15) is 12.3 Å². The van der Waals surface area contributed by atoms with E-state index in [-0.39, 0.29) is 5.75 Å². The van der Waals surface area contributed by atoms with Crippen molar-refractivity contribution in [3.8, 4) is 5.75 Å². The van der Waals surface area contributed by atoms with Crippen LogP contribution in [0, 0.1) is 5.92 Å². The number of rotatable bonds is 5. The highest BCUT2D eigenvalue weighted by atomic mass is 32.3. The summed E-state index contributed by atoms with van der Waals surface area (Å²) in [4.78, 5) is 0. The van der Waals surface area contributed by atoms with Crippen molar-refractivity contribution in [1.82, 2.24) is 0 Å². The van der Waals surface area contributed by atoms with Crippen molar-refractivity contribution in [1.29, 1.82) is 0 Å². The second-order valence-corrected chi connectivity index (χ2v) is 4.73. The molecule has 0 aliphatic rings. The summed E-state index contributed by atoms with van der Waals surface area (Å²) in [6.45, 7) is 4.82. The van der Waals surface area contributed by atoms with Crippen LogP contribution in [0.2, 0.25) is 0 Å². The van der Waals surface area contributed by atoms with Crippen LogP contribution in [0.1, 0.15) is 13.8 Å². The number of hydrogen-bond acceptors (Lipinski definition) is 4. The standard InChI is InChI=1S/C10H14FNO3S/c1-8(2)7-12-9-4-3-5-10(6-9)15-16(11,13)14/h3-6,8,12H,7H2,1-2H3. The summed E-state index contributed by atoms with van der Waals surface area (Å²) < 4.78 is 36.9. The molecule has 0 aromatic heterocycles. The molecule has 16 heavy (non-hydrogen) atoms. The van der Waals surface area contributed by atoms with E-state index in [0.717, 1.165) is 6.54 Å². The first kappa shape index (κ1) is 12.8. The lowest BCUT2D eigenvalue weighted by Gasteiger charge is -2.09. The Labute approximate surface area is 94.9 Å². The van der Waals surface area contributed by atoms with Crippen molar-refractivity contribution in [2.75, 3.05) is 11.9 Å². The molecule has 0 bridgehead atoms. The second-order valence-electron chi connectivity index (χ2n) is 3.78. The third kappa shape index (κ3) is 4.97. The van der Waals surface area contributed by atoms with Gasteiger partial charge in [0.25, 0.3) is 0 Å². The van der Waals surface area contributed by atoms with E-state index in [1.165, 1.54) is 12.1 Å². The number of nitrogens with one attached hydrogen (secondary N) is 1. The van der Waals surface area contributed by atoms with E-state index in [1.807, 2.05) is 13.8 Å². The van der Waals surface area contributed by atoms with Crippen LogP contribution in [0.4, 0.5) is 9.57 Å². The maximum absolute atomic E-state index is 12.3. The van der Waals surface area contributed by atoms with Gasteiger partial charge in [-0.3, -0.25) is 0 Å². The van der Waals surface area contributed by atoms with Crippen LogP contribution in [0.3, 0.4) is 0 Å². The predicted octanol–water partition coefficient (Wildman–Crippen LogP) is 2.35. The summed E-state index contributed by atoms with van der Waals surface area (Å²) in [5.74, 6) is 0.408. The molecule has 0 aliphatic carbocycles. The Hall–Kier alpha value is -1.30. The van der Waals surface area contributed by atoms with E-state index in [1.54, 1.807) is 12.1 Å². The minimum absolute atomic E-state index is 0.0451. The van der Waals surface area contributed by atoms with Gasteiger partial charge in [-0.25, -0.2) is 0 Å². The molecule has 1 aromatic rings. The quantitative estimate of drug-likeness (QED) is 0.811. The van der Waals surface area contributed by atoms with Crippen molar-refractivity contribution in [3.05, 3.63) is 24.3 Å². The lowest BCUT2D eigenvalue weighted by Crippen LogP contribution is -2.08. The molecule has 0 unspecified atom stereocenters. The van der Waals surface area contributed by atoms with Crippen LogP contribution in [-0.4, -0.2) is 15.0 Å². The van der Waals surface area contributed by atoms with Crippen molar-refractivity contribution >= 4 is 16.2 Å². The van der Waals surface area contributed by atoms with Gasteiger partial charge >= 0.3 is 10.5 Å². The molecular weight excluding hydrogens is 233 g/mol. The summed E-state index contributed by atoms with van der Waals surface area (Å²) in [5.41, 5.74) is 0.690. The van der Waals surface area contributed by atoms with Gasteiger partial charge in [0.1, 0.15) is 5.75 Å². The van der Waals surface area contributed by atoms with Gasteiger partial charge in [0, 0.05) is 18.3 Å². The molecule has 0 aliphatic heterocycles. The lowest BCUT2D eigenvalue weighted by molar-refractivity contribution is 0.440. The SMILES string of the molecule is CC(C)CNc1cccc(OS(=O)(=O)F)c1. The molecule has 0 saturated carbocycles. The summed E-state index contributed by atoms with van der Waals surface area (Å²) in [7, 11) is -4.95. The molecule has 4 nitrogen and oxygen atoms in total. The van der Waals surface area contributed by atoms with Crippen molar-refractivity contribution in [3.63, 3.8) is 0 Å². The fraction of sp³-hybridized carbons (Fsp3) is 0.400. The molecule has 1 N–H and O–H groups in total. The minimum Gasteiger partial charge on any atom is -0.385 e. The second kappa shape index (κ2) is 5.16. The van der Waals surface area contributed by atoms with Crippen molar-refractivity contribution < 1.29 is 16.5 Å². The maximum atomic E-state index is 12.3. The van der Waals surface area contributed by atoms with Crippen molar-refractivity contribution in [2.45, 2.75) is 13.8 Å². The Morgan fingerprint density at radius 1 is 1.44 bits per heavy atom. The fourth-order valence-corrected chi connectivity index (χ4v) is 1.43. The zero-order chi connectivity index (χ0) is 12.2. The number of anilines is 1. The minimum atomic E-state index is -4.95. The first-order chi connectivity index (χ1) is 7.37. The maximum Gasteiger partial charge on any atom is 0.488 e. The van der Waals surface area contributed by atoms with E-state index >= 15 is 0 Å². The number of benzene rings is 1. The summed E-state index contributed by atoms with van der Waals surface area (Å²) in [6.07, 6.45) is 0. The van der Waals surface area contributed by atoms with Crippen LogP contribution < -0.4 is 9.50 Å². The van der Waals surface area contributed by atoms with E-state index in [2.05, 4.69) is 9.50 Å². The van der Waals surface area contributed by atoms with Crippen LogP contribution in [0.5, 0.6) is 5.75 Å². The monoisotopic (exact) mass is 247 g/mol. The summed E-state index contributed by atoms with van der Waals surface area (Å²) >= 11 is 0.